The minimum absolute atomic E-state index is 0.997. The summed E-state index contributed by atoms with van der Waals surface area (Å²) in [5, 5.41) is 0. The summed E-state index contributed by atoms with van der Waals surface area (Å²) in [6, 6.07) is 14.7. The standard InChI is InChI=1S/C18H20N4/c1-20-9-11-21(12-10-20)16-7-8-18-19-13-17(22(18)14-16)15-5-3-2-4-6-15/h2-8,13-14H,9-12H2,1H3. The highest BCUT2D eigenvalue weighted by molar-refractivity contribution is 5.65. The van der Waals surface area contributed by atoms with Gasteiger partial charge in [-0.3, -0.25) is 4.40 Å². The van der Waals surface area contributed by atoms with Gasteiger partial charge in [-0.05, 0) is 19.2 Å². The van der Waals surface area contributed by atoms with E-state index in [0.29, 0.717) is 0 Å². The maximum absolute atomic E-state index is 4.53. The van der Waals surface area contributed by atoms with Crippen LogP contribution in [-0.4, -0.2) is 47.5 Å². The molecule has 22 heavy (non-hydrogen) atoms. The second-order valence-corrected chi connectivity index (χ2v) is 5.92. The highest BCUT2D eigenvalue weighted by Gasteiger charge is 2.15. The molecule has 0 atom stereocenters. The third kappa shape index (κ3) is 2.35. The Kier molecular flexibility index (Phi) is 3.31. The van der Waals surface area contributed by atoms with Crippen molar-refractivity contribution in [3.63, 3.8) is 0 Å². The zero-order chi connectivity index (χ0) is 14.9. The van der Waals surface area contributed by atoms with Crippen LogP contribution in [0.15, 0.2) is 54.9 Å². The van der Waals surface area contributed by atoms with Crippen LogP contribution in [0.25, 0.3) is 16.9 Å². The van der Waals surface area contributed by atoms with Crippen LogP contribution in [0.4, 0.5) is 5.69 Å². The third-order valence-corrected chi connectivity index (χ3v) is 4.43. The molecule has 4 rings (SSSR count). The van der Waals surface area contributed by atoms with Crippen molar-refractivity contribution in [2.75, 3.05) is 38.1 Å². The molecule has 2 aromatic heterocycles. The first-order valence-corrected chi connectivity index (χ1v) is 7.77. The molecule has 1 saturated heterocycles. The van der Waals surface area contributed by atoms with Crippen LogP contribution in [0.2, 0.25) is 0 Å². The Morgan fingerprint density at radius 1 is 0.909 bits per heavy atom. The van der Waals surface area contributed by atoms with E-state index in [0.717, 1.165) is 37.5 Å². The van der Waals surface area contributed by atoms with E-state index in [2.05, 4.69) is 68.8 Å². The average Bonchev–Trinajstić information content (AvgIpc) is 2.99. The fourth-order valence-corrected chi connectivity index (χ4v) is 3.04. The molecule has 4 nitrogen and oxygen atoms in total. The van der Waals surface area contributed by atoms with E-state index in [1.54, 1.807) is 0 Å². The number of pyridine rings is 1. The number of nitrogens with zero attached hydrogens (tertiary/aromatic N) is 4. The molecule has 0 aliphatic carbocycles. The van der Waals surface area contributed by atoms with Crippen molar-refractivity contribution >= 4 is 11.3 Å². The van der Waals surface area contributed by atoms with Gasteiger partial charge >= 0.3 is 0 Å². The molecule has 0 amide bonds. The van der Waals surface area contributed by atoms with Gasteiger partial charge in [-0.25, -0.2) is 4.98 Å². The molecule has 0 saturated carbocycles. The minimum atomic E-state index is 0.997. The Labute approximate surface area is 130 Å². The van der Waals surface area contributed by atoms with E-state index in [9.17, 15) is 0 Å². The van der Waals surface area contributed by atoms with Gasteiger partial charge in [0, 0.05) is 37.9 Å². The molecule has 112 valence electrons. The molecule has 0 unspecified atom stereocenters. The van der Waals surface area contributed by atoms with Crippen molar-refractivity contribution < 1.29 is 0 Å². The summed E-state index contributed by atoms with van der Waals surface area (Å²) in [5.74, 6) is 0. The van der Waals surface area contributed by atoms with Crippen LogP contribution in [0.5, 0.6) is 0 Å². The number of likely N-dealkylation sites (N-methyl/N-ethyl adjacent to an activating group) is 1. The van der Waals surface area contributed by atoms with Crippen LogP contribution < -0.4 is 4.90 Å². The molecule has 4 heteroatoms. The van der Waals surface area contributed by atoms with E-state index in [-0.39, 0.29) is 0 Å². The summed E-state index contributed by atoms with van der Waals surface area (Å²) in [7, 11) is 2.18. The van der Waals surface area contributed by atoms with Crippen LogP contribution in [0.3, 0.4) is 0 Å². The largest absolute Gasteiger partial charge is 0.368 e. The second kappa shape index (κ2) is 5.46. The van der Waals surface area contributed by atoms with Crippen molar-refractivity contribution in [1.29, 1.82) is 0 Å². The predicted octanol–water partition coefficient (Wildman–Crippen LogP) is 2.75. The summed E-state index contributed by atoms with van der Waals surface area (Å²) >= 11 is 0. The third-order valence-electron chi connectivity index (χ3n) is 4.43. The first-order valence-electron chi connectivity index (χ1n) is 7.77. The molecule has 1 aliphatic heterocycles. The molecule has 1 aliphatic rings. The van der Waals surface area contributed by atoms with Crippen LogP contribution >= 0.6 is 0 Å². The summed E-state index contributed by atoms with van der Waals surface area (Å²) < 4.78 is 2.20. The van der Waals surface area contributed by atoms with Gasteiger partial charge in [-0.15, -0.1) is 0 Å². The fourth-order valence-electron chi connectivity index (χ4n) is 3.04. The van der Waals surface area contributed by atoms with Gasteiger partial charge in [-0.1, -0.05) is 30.3 Å². The monoisotopic (exact) mass is 292 g/mol. The van der Waals surface area contributed by atoms with E-state index in [4.69, 9.17) is 0 Å². The number of anilines is 1. The van der Waals surface area contributed by atoms with Gasteiger partial charge in [0.2, 0.25) is 0 Å². The Morgan fingerprint density at radius 2 is 1.68 bits per heavy atom. The quantitative estimate of drug-likeness (QED) is 0.726. The Hall–Kier alpha value is -2.33. The van der Waals surface area contributed by atoms with E-state index in [1.807, 2.05) is 12.3 Å². The first kappa shape index (κ1) is 13.3. The number of hydrogen-bond acceptors (Lipinski definition) is 3. The molecule has 0 radical (unpaired) electrons. The van der Waals surface area contributed by atoms with Crippen molar-refractivity contribution in [1.82, 2.24) is 14.3 Å². The highest BCUT2D eigenvalue weighted by atomic mass is 15.3. The molecular weight excluding hydrogens is 272 g/mol. The molecular formula is C18H20N4. The van der Waals surface area contributed by atoms with Gasteiger partial charge in [-0.2, -0.15) is 0 Å². The van der Waals surface area contributed by atoms with E-state index < -0.39 is 0 Å². The Bertz CT molecular complexity index is 770. The lowest BCUT2D eigenvalue weighted by molar-refractivity contribution is 0.313. The Morgan fingerprint density at radius 3 is 2.45 bits per heavy atom. The maximum atomic E-state index is 4.53. The molecule has 3 aromatic rings. The summed E-state index contributed by atoms with van der Waals surface area (Å²) in [6.07, 6.45) is 4.18. The first-order chi connectivity index (χ1) is 10.8. The summed E-state index contributed by atoms with van der Waals surface area (Å²) in [5.41, 5.74) is 4.62. The normalized spacial score (nSPS) is 16.3. The average molecular weight is 292 g/mol. The molecule has 1 aromatic carbocycles. The molecule has 3 heterocycles. The van der Waals surface area contributed by atoms with Crippen LogP contribution in [-0.2, 0) is 0 Å². The predicted molar refractivity (Wildman–Crippen MR) is 90.3 cm³/mol. The summed E-state index contributed by atoms with van der Waals surface area (Å²) in [6.45, 7) is 4.40. The van der Waals surface area contributed by atoms with Crippen molar-refractivity contribution in [3.8, 4) is 11.3 Å². The number of imidazole rings is 1. The lowest BCUT2D eigenvalue weighted by atomic mass is 10.2. The number of rotatable bonds is 2. The lowest BCUT2D eigenvalue weighted by Gasteiger charge is -2.34. The number of piperazine rings is 1. The van der Waals surface area contributed by atoms with Crippen molar-refractivity contribution in [2.24, 2.45) is 0 Å². The topological polar surface area (TPSA) is 23.8 Å². The lowest BCUT2D eigenvalue weighted by Crippen LogP contribution is -2.44. The molecule has 0 N–H and O–H groups in total. The summed E-state index contributed by atoms with van der Waals surface area (Å²) in [4.78, 5) is 9.36. The van der Waals surface area contributed by atoms with Gasteiger partial charge in [0.1, 0.15) is 5.65 Å². The SMILES string of the molecule is CN1CCN(c2ccc3ncc(-c4ccccc4)n3c2)CC1. The van der Waals surface area contributed by atoms with Gasteiger partial charge < -0.3 is 9.80 Å². The number of fused-ring (bicyclic) bond motifs is 1. The number of benzene rings is 1. The zero-order valence-corrected chi connectivity index (χ0v) is 12.8. The minimum Gasteiger partial charge on any atom is -0.368 e. The van der Waals surface area contributed by atoms with E-state index in [1.165, 1.54) is 11.3 Å². The van der Waals surface area contributed by atoms with Gasteiger partial charge in [0.15, 0.2) is 0 Å². The second-order valence-electron chi connectivity index (χ2n) is 5.92. The van der Waals surface area contributed by atoms with Crippen molar-refractivity contribution in [3.05, 3.63) is 54.9 Å². The number of aromatic nitrogens is 2. The Balaban J connectivity index is 1.74. The van der Waals surface area contributed by atoms with Crippen LogP contribution in [0.1, 0.15) is 0 Å². The zero-order valence-electron chi connectivity index (χ0n) is 12.8. The number of hydrogen-bond donors (Lipinski definition) is 0. The van der Waals surface area contributed by atoms with E-state index >= 15 is 0 Å². The molecule has 0 spiro atoms. The van der Waals surface area contributed by atoms with Gasteiger partial charge in [0.25, 0.3) is 0 Å². The maximum Gasteiger partial charge on any atom is 0.137 e. The fraction of sp³-hybridized carbons (Fsp3) is 0.278. The van der Waals surface area contributed by atoms with Crippen LogP contribution in [0, 0.1) is 0 Å². The molecule has 0 bridgehead atoms. The van der Waals surface area contributed by atoms with Crippen molar-refractivity contribution in [2.45, 2.75) is 0 Å². The molecule has 1 fully saturated rings. The highest BCUT2D eigenvalue weighted by Crippen LogP contribution is 2.24. The van der Waals surface area contributed by atoms with Gasteiger partial charge in [0.05, 0.1) is 17.6 Å². The smallest absolute Gasteiger partial charge is 0.137 e.